The van der Waals surface area contributed by atoms with E-state index in [9.17, 15) is 4.79 Å². The van der Waals surface area contributed by atoms with Crippen molar-refractivity contribution in [2.75, 3.05) is 20.1 Å². The molecule has 82 valence electrons. The molecule has 0 aliphatic heterocycles. The van der Waals surface area contributed by atoms with Gasteiger partial charge in [0.2, 0.25) is 0 Å². The minimum Gasteiger partial charge on any atom is -0.481 e. The predicted molar refractivity (Wildman–Crippen MR) is 56.3 cm³/mol. The first-order valence-corrected chi connectivity index (χ1v) is 5.40. The Hall–Kier alpha value is -0.570. The maximum absolute atomic E-state index is 11.1. The maximum Gasteiger partial charge on any atom is 0.310 e. The molecule has 3 nitrogen and oxygen atoms in total. The zero-order valence-corrected chi connectivity index (χ0v) is 9.42. The van der Waals surface area contributed by atoms with Gasteiger partial charge in [-0.25, -0.2) is 0 Å². The SMILES string of the molecule is CCC(C)(CN(C)CC1CC1)C(=O)O. The molecule has 0 spiro atoms. The average molecular weight is 199 g/mol. The van der Waals surface area contributed by atoms with E-state index < -0.39 is 11.4 Å². The molecule has 0 bridgehead atoms. The fraction of sp³-hybridized carbons (Fsp3) is 0.909. The summed E-state index contributed by atoms with van der Waals surface area (Å²) in [5.74, 6) is 0.151. The van der Waals surface area contributed by atoms with Crippen molar-refractivity contribution in [2.45, 2.75) is 33.1 Å². The van der Waals surface area contributed by atoms with Crippen LogP contribution in [-0.4, -0.2) is 36.1 Å². The lowest BCUT2D eigenvalue weighted by Crippen LogP contribution is -2.39. The predicted octanol–water partition coefficient (Wildman–Crippen LogP) is 1.83. The van der Waals surface area contributed by atoms with E-state index in [1.54, 1.807) is 0 Å². The molecule has 0 aromatic rings. The summed E-state index contributed by atoms with van der Waals surface area (Å²) in [5.41, 5.74) is -0.580. The first kappa shape index (κ1) is 11.5. The number of carboxylic acids is 1. The first-order valence-electron chi connectivity index (χ1n) is 5.40. The minimum atomic E-state index is -0.678. The van der Waals surface area contributed by atoms with Gasteiger partial charge in [0.05, 0.1) is 5.41 Å². The van der Waals surface area contributed by atoms with Crippen LogP contribution >= 0.6 is 0 Å². The standard InChI is InChI=1S/C11H21NO2/c1-4-11(2,10(13)14)8-12(3)7-9-5-6-9/h9H,4-8H2,1-3H3,(H,13,14). The fourth-order valence-corrected chi connectivity index (χ4v) is 1.73. The van der Waals surface area contributed by atoms with Crippen molar-refractivity contribution in [3.05, 3.63) is 0 Å². The van der Waals surface area contributed by atoms with Crippen LogP contribution in [0.5, 0.6) is 0 Å². The molecule has 1 saturated carbocycles. The van der Waals surface area contributed by atoms with Crippen LogP contribution in [0.15, 0.2) is 0 Å². The summed E-state index contributed by atoms with van der Waals surface area (Å²) in [6.45, 7) is 5.50. The lowest BCUT2D eigenvalue weighted by molar-refractivity contribution is -0.149. The van der Waals surface area contributed by atoms with Crippen LogP contribution in [0, 0.1) is 11.3 Å². The number of hydrogen-bond donors (Lipinski definition) is 1. The van der Waals surface area contributed by atoms with Crippen LogP contribution in [0.3, 0.4) is 0 Å². The lowest BCUT2D eigenvalue weighted by atomic mass is 9.87. The van der Waals surface area contributed by atoms with Crippen LogP contribution in [0.1, 0.15) is 33.1 Å². The second-order valence-electron chi connectivity index (χ2n) is 4.86. The Bertz CT molecular complexity index is 213. The molecular formula is C11H21NO2. The summed E-state index contributed by atoms with van der Waals surface area (Å²) in [4.78, 5) is 13.2. The smallest absolute Gasteiger partial charge is 0.310 e. The molecule has 1 aliphatic rings. The zero-order valence-electron chi connectivity index (χ0n) is 9.42. The third-order valence-electron chi connectivity index (χ3n) is 3.18. The van der Waals surface area contributed by atoms with E-state index in [2.05, 4.69) is 4.90 Å². The Morgan fingerprint density at radius 3 is 2.50 bits per heavy atom. The molecule has 1 N–H and O–H groups in total. The molecule has 0 heterocycles. The fourth-order valence-electron chi connectivity index (χ4n) is 1.73. The third-order valence-corrected chi connectivity index (χ3v) is 3.18. The number of carboxylic acid groups (broad SMARTS) is 1. The quantitative estimate of drug-likeness (QED) is 0.709. The highest BCUT2D eigenvalue weighted by atomic mass is 16.4. The molecule has 3 heteroatoms. The molecule has 0 saturated heterocycles. The first-order chi connectivity index (χ1) is 6.48. The minimum absolute atomic E-state index is 0.580. The van der Waals surface area contributed by atoms with Gasteiger partial charge in [0, 0.05) is 13.1 Å². The van der Waals surface area contributed by atoms with E-state index in [1.807, 2.05) is 20.9 Å². The number of nitrogens with zero attached hydrogens (tertiary/aromatic N) is 1. The van der Waals surface area contributed by atoms with Crippen molar-refractivity contribution in [3.8, 4) is 0 Å². The zero-order chi connectivity index (χ0) is 10.8. The second kappa shape index (κ2) is 4.30. The van der Waals surface area contributed by atoms with Gasteiger partial charge in [-0.15, -0.1) is 0 Å². The van der Waals surface area contributed by atoms with Crippen LogP contribution in [0.2, 0.25) is 0 Å². The number of hydrogen-bond acceptors (Lipinski definition) is 2. The van der Waals surface area contributed by atoms with E-state index in [4.69, 9.17) is 5.11 Å². The van der Waals surface area contributed by atoms with Crippen molar-refractivity contribution in [2.24, 2.45) is 11.3 Å². The summed E-state index contributed by atoms with van der Waals surface area (Å²) in [5, 5.41) is 9.10. The monoisotopic (exact) mass is 199 g/mol. The Labute approximate surface area is 86.1 Å². The van der Waals surface area contributed by atoms with Gasteiger partial charge in [-0.05, 0) is 39.2 Å². The second-order valence-corrected chi connectivity index (χ2v) is 4.86. The highest BCUT2D eigenvalue weighted by Crippen LogP contribution is 2.31. The van der Waals surface area contributed by atoms with Crippen molar-refractivity contribution in [3.63, 3.8) is 0 Å². The summed E-state index contributed by atoms with van der Waals surface area (Å²) in [7, 11) is 2.02. The van der Waals surface area contributed by atoms with Gasteiger partial charge in [-0.3, -0.25) is 4.79 Å². The third kappa shape index (κ3) is 2.98. The Morgan fingerprint density at radius 2 is 2.14 bits per heavy atom. The van der Waals surface area contributed by atoms with Crippen LogP contribution in [0.4, 0.5) is 0 Å². The summed E-state index contributed by atoms with van der Waals surface area (Å²) in [6, 6.07) is 0. The topological polar surface area (TPSA) is 40.5 Å². The van der Waals surface area contributed by atoms with Crippen molar-refractivity contribution >= 4 is 5.97 Å². The van der Waals surface area contributed by atoms with E-state index in [0.717, 1.165) is 12.5 Å². The van der Waals surface area contributed by atoms with E-state index in [-0.39, 0.29) is 0 Å². The summed E-state index contributed by atoms with van der Waals surface area (Å²) < 4.78 is 0. The van der Waals surface area contributed by atoms with Crippen molar-refractivity contribution < 1.29 is 9.90 Å². The molecule has 1 rings (SSSR count). The number of rotatable bonds is 6. The van der Waals surface area contributed by atoms with Gasteiger partial charge in [-0.2, -0.15) is 0 Å². The van der Waals surface area contributed by atoms with Gasteiger partial charge in [-0.1, -0.05) is 6.92 Å². The van der Waals surface area contributed by atoms with Crippen LogP contribution in [0.25, 0.3) is 0 Å². The number of carbonyl (C=O) groups is 1. The highest BCUT2D eigenvalue weighted by Gasteiger charge is 2.33. The van der Waals surface area contributed by atoms with Gasteiger partial charge in [0.1, 0.15) is 0 Å². The Balaban J connectivity index is 2.41. The summed E-state index contributed by atoms with van der Waals surface area (Å²) in [6.07, 6.45) is 3.33. The van der Waals surface area contributed by atoms with Gasteiger partial charge >= 0.3 is 5.97 Å². The molecular weight excluding hydrogens is 178 g/mol. The van der Waals surface area contributed by atoms with Gasteiger partial charge in [0.15, 0.2) is 0 Å². The Kier molecular flexibility index (Phi) is 3.53. The van der Waals surface area contributed by atoms with E-state index >= 15 is 0 Å². The normalized spacial score (nSPS) is 20.9. The highest BCUT2D eigenvalue weighted by molar-refractivity contribution is 5.74. The largest absolute Gasteiger partial charge is 0.481 e. The van der Waals surface area contributed by atoms with Gasteiger partial charge in [0.25, 0.3) is 0 Å². The number of aliphatic carboxylic acids is 1. The maximum atomic E-state index is 11.1. The van der Waals surface area contributed by atoms with Crippen molar-refractivity contribution in [1.82, 2.24) is 4.90 Å². The Morgan fingerprint density at radius 1 is 1.57 bits per heavy atom. The average Bonchev–Trinajstić information content (AvgIpc) is 2.87. The molecule has 0 aromatic carbocycles. The molecule has 1 aliphatic carbocycles. The van der Waals surface area contributed by atoms with Crippen LogP contribution in [-0.2, 0) is 4.79 Å². The molecule has 0 aromatic heterocycles. The van der Waals surface area contributed by atoms with E-state index in [1.165, 1.54) is 12.8 Å². The molecule has 1 atom stereocenters. The van der Waals surface area contributed by atoms with Crippen LogP contribution < -0.4 is 0 Å². The molecule has 1 fully saturated rings. The van der Waals surface area contributed by atoms with E-state index in [0.29, 0.717) is 13.0 Å². The lowest BCUT2D eigenvalue weighted by Gasteiger charge is -2.29. The van der Waals surface area contributed by atoms with Gasteiger partial charge < -0.3 is 10.0 Å². The molecule has 1 unspecified atom stereocenters. The molecule has 0 amide bonds. The summed E-state index contributed by atoms with van der Waals surface area (Å²) >= 11 is 0. The molecule has 0 radical (unpaired) electrons. The van der Waals surface area contributed by atoms with Crippen molar-refractivity contribution in [1.29, 1.82) is 0 Å². The molecule has 14 heavy (non-hydrogen) atoms.